The number of furan rings is 1. The minimum atomic E-state index is -0.00778. The van der Waals surface area contributed by atoms with E-state index < -0.39 is 0 Å². The van der Waals surface area contributed by atoms with Crippen LogP contribution in [0.3, 0.4) is 0 Å². The third-order valence-electron chi connectivity index (χ3n) is 3.52. The number of ether oxygens (including phenoxy) is 1. The van der Waals surface area contributed by atoms with Gasteiger partial charge in [0.25, 0.3) is 0 Å². The fourth-order valence-electron chi connectivity index (χ4n) is 2.32. The van der Waals surface area contributed by atoms with Crippen molar-refractivity contribution in [1.29, 1.82) is 0 Å². The Morgan fingerprint density at radius 3 is 2.60 bits per heavy atom. The predicted octanol–water partition coefficient (Wildman–Crippen LogP) is 2.99. The van der Waals surface area contributed by atoms with Crippen LogP contribution in [0.5, 0.6) is 5.75 Å². The van der Waals surface area contributed by atoms with Crippen molar-refractivity contribution in [3.63, 3.8) is 0 Å². The topological polar surface area (TPSA) is 51.6 Å². The number of para-hydroxylation sites is 2. The van der Waals surface area contributed by atoms with Gasteiger partial charge in [0.05, 0.1) is 18.8 Å². The third kappa shape index (κ3) is 2.80. The summed E-state index contributed by atoms with van der Waals surface area (Å²) in [5.41, 5.74) is 6.94. The van der Waals surface area contributed by atoms with Gasteiger partial charge in [0.1, 0.15) is 17.3 Å². The van der Waals surface area contributed by atoms with Crippen molar-refractivity contribution >= 4 is 5.69 Å². The minimum Gasteiger partial charge on any atom is -0.495 e. The summed E-state index contributed by atoms with van der Waals surface area (Å²) in [4.78, 5) is 2.09. The standard InChI is InChI=1S/C16H22N2O2/c1-4-12-9-10-16(20-12)14(11-17)18(2)13-7-5-6-8-15(13)19-3/h5-10,14H,4,11,17H2,1-3H3. The molecule has 1 heterocycles. The van der Waals surface area contributed by atoms with E-state index in [9.17, 15) is 0 Å². The highest BCUT2D eigenvalue weighted by Gasteiger charge is 2.21. The zero-order valence-corrected chi connectivity index (χ0v) is 12.3. The molecule has 108 valence electrons. The number of hydrogen-bond donors (Lipinski definition) is 1. The maximum atomic E-state index is 5.94. The lowest BCUT2D eigenvalue weighted by Crippen LogP contribution is -2.30. The molecule has 0 aliphatic rings. The van der Waals surface area contributed by atoms with Crippen LogP contribution in [0.25, 0.3) is 0 Å². The van der Waals surface area contributed by atoms with Crippen molar-refractivity contribution in [2.75, 3.05) is 25.6 Å². The summed E-state index contributed by atoms with van der Waals surface area (Å²) < 4.78 is 11.2. The molecule has 1 aromatic carbocycles. The minimum absolute atomic E-state index is 0.00778. The van der Waals surface area contributed by atoms with Gasteiger partial charge in [-0.15, -0.1) is 0 Å². The van der Waals surface area contributed by atoms with E-state index in [2.05, 4.69) is 11.8 Å². The Kier molecular flexibility index (Phi) is 4.69. The normalized spacial score (nSPS) is 12.2. The summed E-state index contributed by atoms with van der Waals surface area (Å²) in [5, 5.41) is 0. The molecule has 0 aliphatic carbocycles. The summed E-state index contributed by atoms with van der Waals surface area (Å²) in [6.45, 7) is 2.55. The van der Waals surface area contributed by atoms with E-state index in [0.717, 1.165) is 29.4 Å². The molecule has 4 heteroatoms. The van der Waals surface area contributed by atoms with Gasteiger partial charge in [0.15, 0.2) is 0 Å². The maximum absolute atomic E-state index is 5.94. The fraction of sp³-hybridized carbons (Fsp3) is 0.375. The molecule has 0 saturated carbocycles. The van der Waals surface area contributed by atoms with Crippen LogP contribution in [0.1, 0.15) is 24.5 Å². The van der Waals surface area contributed by atoms with E-state index in [1.165, 1.54) is 0 Å². The number of hydrogen-bond acceptors (Lipinski definition) is 4. The van der Waals surface area contributed by atoms with Crippen LogP contribution in [0.4, 0.5) is 5.69 Å². The van der Waals surface area contributed by atoms with Crippen LogP contribution in [-0.2, 0) is 6.42 Å². The molecular formula is C16H22N2O2. The SMILES string of the molecule is CCc1ccc(C(CN)N(C)c2ccccc2OC)o1. The maximum Gasteiger partial charge on any atom is 0.142 e. The average molecular weight is 274 g/mol. The lowest BCUT2D eigenvalue weighted by Gasteiger charge is -2.28. The molecule has 0 fully saturated rings. The molecule has 2 aromatic rings. The van der Waals surface area contributed by atoms with Gasteiger partial charge in [-0.1, -0.05) is 19.1 Å². The number of likely N-dealkylation sites (N-methyl/N-ethyl adjacent to an activating group) is 1. The van der Waals surface area contributed by atoms with Gasteiger partial charge in [0, 0.05) is 20.0 Å². The van der Waals surface area contributed by atoms with Gasteiger partial charge in [-0.25, -0.2) is 0 Å². The highest BCUT2D eigenvalue weighted by atomic mass is 16.5. The molecule has 1 unspecified atom stereocenters. The number of benzene rings is 1. The Labute approximate surface area is 120 Å². The Hall–Kier alpha value is -1.94. The Balaban J connectivity index is 2.31. The third-order valence-corrected chi connectivity index (χ3v) is 3.52. The molecule has 2 rings (SSSR count). The number of nitrogens with two attached hydrogens (primary N) is 1. The molecule has 0 spiro atoms. The van der Waals surface area contributed by atoms with Crippen molar-refractivity contribution in [3.8, 4) is 5.75 Å². The van der Waals surface area contributed by atoms with E-state index in [1.807, 2.05) is 43.4 Å². The second-order valence-electron chi connectivity index (χ2n) is 4.69. The van der Waals surface area contributed by atoms with E-state index >= 15 is 0 Å². The summed E-state index contributed by atoms with van der Waals surface area (Å²) in [7, 11) is 3.68. The highest BCUT2D eigenvalue weighted by Crippen LogP contribution is 2.33. The van der Waals surface area contributed by atoms with Gasteiger partial charge in [-0.2, -0.15) is 0 Å². The largest absolute Gasteiger partial charge is 0.495 e. The molecule has 1 atom stereocenters. The zero-order chi connectivity index (χ0) is 14.5. The van der Waals surface area contributed by atoms with Gasteiger partial charge in [0.2, 0.25) is 0 Å². The number of aryl methyl sites for hydroxylation is 1. The van der Waals surface area contributed by atoms with Crippen LogP contribution in [0.2, 0.25) is 0 Å². The zero-order valence-electron chi connectivity index (χ0n) is 12.3. The van der Waals surface area contributed by atoms with E-state index in [0.29, 0.717) is 6.54 Å². The molecule has 0 amide bonds. The van der Waals surface area contributed by atoms with Crippen LogP contribution in [-0.4, -0.2) is 20.7 Å². The Morgan fingerprint density at radius 1 is 1.25 bits per heavy atom. The fourth-order valence-corrected chi connectivity index (χ4v) is 2.32. The van der Waals surface area contributed by atoms with Crippen LogP contribution in [0, 0.1) is 0 Å². The first-order valence-corrected chi connectivity index (χ1v) is 6.85. The molecule has 0 radical (unpaired) electrons. The van der Waals surface area contributed by atoms with Gasteiger partial charge < -0.3 is 19.8 Å². The summed E-state index contributed by atoms with van der Waals surface area (Å²) in [6.07, 6.45) is 0.885. The van der Waals surface area contributed by atoms with Crippen molar-refractivity contribution in [2.24, 2.45) is 5.73 Å². The number of rotatable bonds is 6. The van der Waals surface area contributed by atoms with Crippen LogP contribution in [0.15, 0.2) is 40.8 Å². The Morgan fingerprint density at radius 2 is 2.00 bits per heavy atom. The Bertz CT molecular complexity index is 551. The van der Waals surface area contributed by atoms with Crippen molar-refractivity contribution in [1.82, 2.24) is 0 Å². The lowest BCUT2D eigenvalue weighted by molar-refractivity contribution is 0.407. The van der Waals surface area contributed by atoms with Crippen molar-refractivity contribution < 1.29 is 9.15 Å². The van der Waals surface area contributed by atoms with Crippen LogP contribution >= 0.6 is 0 Å². The summed E-state index contributed by atoms with van der Waals surface area (Å²) in [6, 6.07) is 11.9. The van der Waals surface area contributed by atoms with E-state index in [-0.39, 0.29) is 6.04 Å². The average Bonchev–Trinajstić information content (AvgIpc) is 2.96. The van der Waals surface area contributed by atoms with Gasteiger partial charge in [-0.3, -0.25) is 0 Å². The first-order chi connectivity index (χ1) is 9.71. The second-order valence-corrected chi connectivity index (χ2v) is 4.69. The first-order valence-electron chi connectivity index (χ1n) is 6.85. The van der Waals surface area contributed by atoms with Gasteiger partial charge >= 0.3 is 0 Å². The van der Waals surface area contributed by atoms with Crippen molar-refractivity contribution in [2.45, 2.75) is 19.4 Å². The summed E-state index contributed by atoms with van der Waals surface area (Å²) in [5.74, 6) is 2.69. The summed E-state index contributed by atoms with van der Waals surface area (Å²) >= 11 is 0. The number of methoxy groups -OCH3 is 1. The number of anilines is 1. The monoisotopic (exact) mass is 274 g/mol. The molecule has 4 nitrogen and oxygen atoms in total. The molecule has 1 aromatic heterocycles. The van der Waals surface area contributed by atoms with Gasteiger partial charge in [-0.05, 0) is 24.3 Å². The molecule has 0 bridgehead atoms. The molecule has 0 aliphatic heterocycles. The number of nitrogens with zero attached hydrogens (tertiary/aromatic N) is 1. The highest BCUT2D eigenvalue weighted by molar-refractivity contribution is 5.59. The molecule has 2 N–H and O–H groups in total. The van der Waals surface area contributed by atoms with E-state index in [1.54, 1.807) is 7.11 Å². The second kappa shape index (κ2) is 6.48. The lowest BCUT2D eigenvalue weighted by atomic mass is 10.1. The molecular weight excluding hydrogens is 252 g/mol. The first kappa shape index (κ1) is 14.5. The van der Waals surface area contributed by atoms with Crippen molar-refractivity contribution in [3.05, 3.63) is 47.9 Å². The quantitative estimate of drug-likeness (QED) is 0.880. The van der Waals surface area contributed by atoms with E-state index in [4.69, 9.17) is 14.9 Å². The molecule has 0 saturated heterocycles. The smallest absolute Gasteiger partial charge is 0.142 e. The molecule has 20 heavy (non-hydrogen) atoms. The predicted molar refractivity (Wildman–Crippen MR) is 81.3 cm³/mol. The van der Waals surface area contributed by atoms with Crippen LogP contribution < -0.4 is 15.4 Å².